The van der Waals surface area contributed by atoms with Crippen molar-refractivity contribution >= 4 is 0 Å². The second kappa shape index (κ2) is 1.76. The quantitative estimate of drug-likeness (QED) is 0.538. The molecule has 4 nitrogen and oxygen atoms in total. The molecule has 0 aromatic rings. The van der Waals surface area contributed by atoms with E-state index in [1.165, 1.54) is 6.39 Å². The highest BCUT2D eigenvalue weighted by molar-refractivity contribution is 5.46. The van der Waals surface area contributed by atoms with Crippen molar-refractivity contribution in [1.82, 2.24) is 15.0 Å². The van der Waals surface area contributed by atoms with Crippen LogP contribution in [0.5, 0.6) is 0 Å². The van der Waals surface area contributed by atoms with Gasteiger partial charge in [-0.2, -0.15) is 4.98 Å². The van der Waals surface area contributed by atoms with Crippen LogP contribution in [0.4, 0.5) is 0 Å². The Bertz CT molecular complexity index is 287. The standard InChI is InChI=1S/C6H5N3O/c1-4-8-5-2-7-3-10-6(5)9-4/h2-3H,1H3. The number of hydrogen-bond donors (Lipinski definition) is 0. The predicted molar refractivity (Wildman–Crippen MR) is 33.5 cm³/mol. The fourth-order valence-corrected chi connectivity index (χ4v) is 0.804. The van der Waals surface area contributed by atoms with Crippen LogP contribution in [-0.4, -0.2) is 15.0 Å². The molecule has 10 heavy (non-hydrogen) atoms. The summed E-state index contributed by atoms with van der Waals surface area (Å²) in [6.45, 7) is 1.82. The van der Waals surface area contributed by atoms with Crippen LogP contribution < -0.4 is 0 Å². The molecule has 0 N–H and O–H groups in total. The van der Waals surface area contributed by atoms with Crippen LogP contribution in [0.1, 0.15) is 5.82 Å². The molecule has 0 unspecified atom stereocenters. The molecule has 2 aliphatic heterocycles. The van der Waals surface area contributed by atoms with E-state index in [0.717, 1.165) is 0 Å². The molecule has 0 radical (unpaired) electrons. The van der Waals surface area contributed by atoms with Gasteiger partial charge in [-0.05, 0) is 6.92 Å². The Morgan fingerprint density at radius 2 is 2.30 bits per heavy atom. The van der Waals surface area contributed by atoms with Gasteiger partial charge in [-0.15, -0.1) is 0 Å². The minimum Gasteiger partial charge on any atom is -0.425 e. The molecule has 0 aliphatic carbocycles. The molecule has 0 amide bonds. The van der Waals surface area contributed by atoms with Crippen molar-refractivity contribution in [1.29, 1.82) is 0 Å². The smallest absolute Gasteiger partial charge is 0.249 e. The van der Waals surface area contributed by atoms with Gasteiger partial charge in [0.15, 0.2) is 6.39 Å². The van der Waals surface area contributed by atoms with Gasteiger partial charge in [0, 0.05) is 0 Å². The zero-order chi connectivity index (χ0) is 6.97. The van der Waals surface area contributed by atoms with Gasteiger partial charge in [0.05, 0.1) is 6.20 Å². The second-order valence-corrected chi connectivity index (χ2v) is 1.96. The third-order valence-electron chi connectivity index (χ3n) is 1.19. The highest BCUT2D eigenvalue weighted by atomic mass is 16.3. The number of hydrogen-bond acceptors (Lipinski definition) is 4. The van der Waals surface area contributed by atoms with Gasteiger partial charge in [-0.3, -0.25) is 0 Å². The van der Waals surface area contributed by atoms with Crippen molar-refractivity contribution < 1.29 is 4.42 Å². The van der Waals surface area contributed by atoms with Crippen LogP contribution in [0.3, 0.4) is 0 Å². The molecule has 0 saturated heterocycles. The van der Waals surface area contributed by atoms with Crippen LogP contribution in [0.25, 0.3) is 11.6 Å². The lowest BCUT2D eigenvalue weighted by atomic mass is 10.5. The van der Waals surface area contributed by atoms with Crippen LogP contribution in [0.2, 0.25) is 0 Å². The molecule has 0 fully saturated rings. The van der Waals surface area contributed by atoms with Crippen molar-refractivity contribution in [3.8, 4) is 11.6 Å². The third-order valence-corrected chi connectivity index (χ3v) is 1.19. The molecule has 4 heteroatoms. The average molecular weight is 135 g/mol. The van der Waals surface area contributed by atoms with E-state index >= 15 is 0 Å². The van der Waals surface area contributed by atoms with E-state index in [1.54, 1.807) is 6.20 Å². The van der Waals surface area contributed by atoms with Crippen molar-refractivity contribution in [3.05, 3.63) is 18.4 Å². The highest BCUT2D eigenvalue weighted by Crippen LogP contribution is 2.14. The van der Waals surface area contributed by atoms with Crippen molar-refractivity contribution in [2.45, 2.75) is 6.92 Å². The minimum absolute atomic E-state index is 0.549. The van der Waals surface area contributed by atoms with E-state index in [4.69, 9.17) is 4.42 Å². The molecule has 0 saturated carbocycles. The molecular formula is C6H5N3O. The molecule has 0 aromatic heterocycles. The van der Waals surface area contributed by atoms with E-state index in [1.807, 2.05) is 6.92 Å². The third kappa shape index (κ3) is 0.655. The lowest BCUT2D eigenvalue weighted by Gasteiger charge is -1.87. The van der Waals surface area contributed by atoms with E-state index in [9.17, 15) is 0 Å². The normalized spacial score (nSPS) is 10.5. The second-order valence-electron chi connectivity index (χ2n) is 1.96. The fourth-order valence-electron chi connectivity index (χ4n) is 0.804. The maximum absolute atomic E-state index is 4.95. The highest BCUT2D eigenvalue weighted by Gasteiger charge is 2.08. The lowest BCUT2D eigenvalue weighted by Crippen LogP contribution is -1.77. The Kier molecular flexibility index (Phi) is 0.943. The Morgan fingerprint density at radius 3 is 3.10 bits per heavy atom. The molecule has 0 bridgehead atoms. The average Bonchev–Trinajstić information content (AvgIpc) is 2.27. The van der Waals surface area contributed by atoms with Crippen LogP contribution in [0, 0.1) is 6.92 Å². The summed E-state index contributed by atoms with van der Waals surface area (Å²) in [5.74, 6) is 1.26. The summed E-state index contributed by atoms with van der Waals surface area (Å²) >= 11 is 0. The van der Waals surface area contributed by atoms with Gasteiger partial charge in [-0.1, -0.05) is 0 Å². The maximum Gasteiger partial charge on any atom is 0.249 e. The Labute approximate surface area is 57.3 Å². The summed E-state index contributed by atoms with van der Waals surface area (Å²) in [4.78, 5) is 11.8. The zero-order valence-corrected chi connectivity index (χ0v) is 5.40. The van der Waals surface area contributed by atoms with Gasteiger partial charge >= 0.3 is 0 Å². The molecule has 0 atom stereocenters. The van der Waals surface area contributed by atoms with E-state index in [0.29, 0.717) is 17.4 Å². The van der Waals surface area contributed by atoms with Gasteiger partial charge in [0.2, 0.25) is 5.89 Å². The van der Waals surface area contributed by atoms with Crippen molar-refractivity contribution in [3.63, 3.8) is 0 Å². The van der Waals surface area contributed by atoms with Crippen molar-refractivity contribution in [2.75, 3.05) is 0 Å². The number of imidazole rings is 1. The number of aryl methyl sites for hydroxylation is 1. The van der Waals surface area contributed by atoms with Crippen LogP contribution in [-0.2, 0) is 0 Å². The molecule has 0 spiro atoms. The molecule has 2 rings (SSSR count). The first-order chi connectivity index (χ1) is 4.86. The summed E-state index contributed by atoms with van der Waals surface area (Å²) in [6, 6.07) is 0. The topological polar surface area (TPSA) is 51.8 Å². The Hall–Kier alpha value is -1.45. The number of aromatic nitrogens is 3. The minimum atomic E-state index is 0.549. The van der Waals surface area contributed by atoms with Crippen molar-refractivity contribution in [2.24, 2.45) is 0 Å². The summed E-state index contributed by atoms with van der Waals surface area (Å²) in [5.41, 5.74) is 0.708. The van der Waals surface area contributed by atoms with Gasteiger partial charge in [0.1, 0.15) is 11.5 Å². The lowest BCUT2D eigenvalue weighted by molar-refractivity contribution is 0.528. The Morgan fingerprint density at radius 1 is 1.40 bits per heavy atom. The summed E-state index contributed by atoms with van der Waals surface area (Å²) < 4.78 is 4.95. The first kappa shape index (κ1) is 5.34. The molecular weight excluding hydrogens is 130 g/mol. The van der Waals surface area contributed by atoms with E-state index < -0.39 is 0 Å². The molecule has 2 heterocycles. The molecule has 2 aliphatic rings. The van der Waals surface area contributed by atoms with Gasteiger partial charge < -0.3 is 4.42 Å². The predicted octanol–water partition coefficient (Wildman–Crippen LogP) is 0.878. The number of fused-ring (bicyclic) bond motifs is 1. The van der Waals surface area contributed by atoms with Crippen LogP contribution in [0.15, 0.2) is 17.0 Å². The molecule has 50 valence electrons. The monoisotopic (exact) mass is 135 g/mol. The first-order valence-electron chi connectivity index (χ1n) is 2.89. The summed E-state index contributed by atoms with van der Waals surface area (Å²) in [7, 11) is 0. The maximum atomic E-state index is 4.95. The zero-order valence-electron chi connectivity index (χ0n) is 5.40. The van der Waals surface area contributed by atoms with E-state index in [2.05, 4.69) is 15.0 Å². The van der Waals surface area contributed by atoms with Gasteiger partial charge in [-0.25, -0.2) is 9.97 Å². The molecule has 0 aromatic carbocycles. The summed E-state index contributed by atoms with van der Waals surface area (Å²) in [5, 5.41) is 0. The number of rotatable bonds is 0. The van der Waals surface area contributed by atoms with Gasteiger partial charge in [0.25, 0.3) is 0 Å². The van der Waals surface area contributed by atoms with E-state index in [-0.39, 0.29) is 0 Å². The number of nitrogens with zero attached hydrogens (tertiary/aromatic N) is 3. The Balaban J connectivity index is 2.76. The SMILES string of the molecule is Cc1nc2cncoc-2n1. The first-order valence-corrected chi connectivity index (χ1v) is 2.89. The summed E-state index contributed by atoms with van der Waals surface area (Å²) in [6.07, 6.45) is 2.97. The van der Waals surface area contributed by atoms with Crippen LogP contribution >= 0.6 is 0 Å². The largest absolute Gasteiger partial charge is 0.425 e. The fraction of sp³-hybridized carbons (Fsp3) is 0.167.